The highest BCUT2D eigenvalue weighted by Crippen LogP contribution is 2.37. The second kappa shape index (κ2) is 6.85. The molecule has 23 heavy (non-hydrogen) atoms. The zero-order valence-electron chi connectivity index (χ0n) is 13.9. The van der Waals surface area contributed by atoms with Crippen LogP contribution in [0.3, 0.4) is 0 Å². The van der Waals surface area contributed by atoms with Crippen LogP contribution in [0.2, 0.25) is 0 Å². The standard InChI is InChI=1S/C17H26N2O3S/c1-3-4-11(2)16(21)18-10-23-9-15(18)17(22)19-12-5-6-13(19)8-14(20)7-12/h4,12-15,20H,3,5-10H2,1-2H3/b11-4+. The molecule has 0 radical (unpaired) electrons. The van der Waals surface area contributed by atoms with Crippen molar-refractivity contribution < 1.29 is 14.7 Å². The molecule has 3 fully saturated rings. The van der Waals surface area contributed by atoms with Gasteiger partial charge in [-0.15, -0.1) is 11.8 Å². The number of fused-ring (bicyclic) bond motifs is 2. The van der Waals surface area contributed by atoms with E-state index in [2.05, 4.69) is 0 Å². The van der Waals surface area contributed by atoms with E-state index in [1.807, 2.05) is 24.8 Å². The Morgan fingerprint density at radius 2 is 1.91 bits per heavy atom. The lowest BCUT2D eigenvalue weighted by Gasteiger charge is -2.39. The van der Waals surface area contributed by atoms with Gasteiger partial charge in [0, 0.05) is 23.4 Å². The lowest BCUT2D eigenvalue weighted by atomic mass is 9.98. The Bertz CT molecular complexity index is 508. The van der Waals surface area contributed by atoms with Crippen LogP contribution in [0.4, 0.5) is 0 Å². The fourth-order valence-electron chi connectivity index (χ4n) is 4.15. The van der Waals surface area contributed by atoms with E-state index in [1.165, 1.54) is 0 Å². The number of allylic oxidation sites excluding steroid dienone is 1. The van der Waals surface area contributed by atoms with Gasteiger partial charge in [-0.05, 0) is 39.0 Å². The third-order valence-electron chi connectivity index (χ3n) is 5.24. The third-order valence-corrected chi connectivity index (χ3v) is 6.25. The number of hydrogen-bond acceptors (Lipinski definition) is 4. The predicted molar refractivity (Wildman–Crippen MR) is 90.9 cm³/mol. The Morgan fingerprint density at radius 3 is 2.52 bits per heavy atom. The number of aliphatic hydroxyl groups excluding tert-OH is 1. The van der Waals surface area contributed by atoms with Gasteiger partial charge in [0.1, 0.15) is 6.04 Å². The molecule has 0 aromatic heterocycles. The molecule has 3 heterocycles. The van der Waals surface area contributed by atoms with Gasteiger partial charge < -0.3 is 14.9 Å². The summed E-state index contributed by atoms with van der Waals surface area (Å²) >= 11 is 1.65. The van der Waals surface area contributed by atoms with Gasteiger partial charge in [-0.1, -0.05) is 13.0 Å². The molecule has 3 atom stereocenters. The van der Waals surface area contributed by atoms with Crippen molar-refractivity contribution in [3.8, 4) is 0 Å². The lowest BCUT2D eigenvalue weighted by molar-refractivity contribution is -0.146. The lowest BCUT2D eigenvalue weighted by Crippen LogP contribution is -2.55. The van der Waals surface area contributed by atoms with E-state index in [0.717, 1.165) is 24.8 Å². The van der Waals surface area contributed by atoms with Gasteiger partial charge in [-0.3, -0.25) is 9.59 Å². The van der Waals surface area contributed by atoms with Crippen molar-refractivity contribution in [1.29, 1.82) is 0 Å². The second-order valence-corrected chi connectivity index (χ2v) is 7.84. The number of piperidine rings is 1. The van der Waals surface area contributed by atoms with Crippen molar-refractivity contribution >= 4 is 23.6 Å². The van der Waals surface area contributed by atoms with Crippen LogP contribution in [0, 0.1) is 0 Å². The van der Waals surface area contributed by atoms with Gasteiger partial charge in [0.05, 0.1) is 12.0 Å². The van der Waals surface area contributed by atoms with E-state index in [-0.39, 0.29) is 36.0 Å². The number of carbonyl (C=O) groups excluding carboxylic acids is 2. The van der Waals surface area contributed by atoms with Gasteiger partial charge in [-0.25, -0.2) is 0 Å². The molecule has 0 aromatic rings. The van der Waals surface area contributed by atoms with Crippen LogP contribution in [0.5, 0.6) is 0 Å². The molecule has 0 aliphatic carbocycles. The van der Waals surface area contributed by atoms with Gasteiger partial charge in [0.2, 0.25) is 5.91 Å². The molecule has 5 nitrogen and oxygen atoms in total. The number of nitrogens with zero attached hydrogens (tertiary/aromatic N) is 2. The molecule has 0 spiro atoms. The van der Waals surface area contributed by atoms with Crippen molar-refractivity contribution in [1.82, 2.24) is 9.80 Å². The molecule has 2 amide bonds. The smallest absolute Gasteiger partial charge is 0.250 e. The average molecular weight is 338 g/mol. The maximum Gasteiger partial charge on any atom is 0.250 e. The Balaban J connectivity index is 1.74. The largest absolute Gasteiger partial charge is 0.393 e. The number of amides is 2. The minimum absolute atomic E-state index is 0.0143. The van der Waals surface area contributed by atoms with Crippen molar-refractivity contribution in [3.05, 3.63) is 11.6 Å². The summed E-state index contributed by atoms with van der Waals surface area (Å²) in [5.41, 5.74) is 0.727. The molecular weight excluding hydrogens is 312 g/mol. The predicted octanol–water partition coefficient (Wildman–Crippen LogP) is 1.76. The highest BCUT2D eigenvalue weighted by Gasteiger charge is 2.47. The van der Waals surface area contributed by atoms with Gasteiger partial charge in [0.25, 0.3) is 5.91 Å². The molecule has 3 rings (SSSR count). The van der Waals surface area contributed by atoms with E-state index < -0.39 is 0 Å². The van der Waals surface area contributed by atoms with Crippen molar-refractivity contribution in [2.45, 2.75) is 70.2 Å². The molecule has 3 unspecified atom stereocenters. The summed E-state index contributed by atoms with van der Waals surface area (Å²) in [6.07, 6.45) is 5.81. The summed E-state index contributed by atoms with van der Waals surface area (Å²) in [5.74, 6) is 1.35. The molecule has 128 valence electrons. The molecule has 6 heteroatoms. The van der Waals surface area contributed by atoms with Crippen LogP contribution < -0.4 is 0 Å². The number of thioether (sulfide) groups is 1. The number of carbonyl (C=O) groups is 2. The number of hydrogen-bond donors (Lipinski definition) is 1. The maximum atomic E-state index is 13.1. The Labute approximate surface area is 142 Å². The van der Waals surface area contributed by atoms with Gasteiger partial charge >= 0.3 is 0 Å². The van der Waals surface area contributed by atoms with Crippen LogP contribution in [-0.2, 0) is 9.59 Å². The van der Waals surface area contributed by atoms with Crippen LogP contribution in [-0.4, -0.2) is 62.6 Å². The molecule has 1 N–H and O–H groups in total. The molecule has 3 aliphatic rings. The normalized spacial score (nSPS) is 34.1. The van der Waals surface area contributed by atoms with Crippen molar-refractivity contribution in [3.63, 3.8) is 0 Å². The first-order valence-electron chi connectivity index (χ1n) is 8.58. The number of rotatable bonds is 3. The van der Waals surface area contributed by atoms with Crippen LogP contribution in [0.1, 0.15) is 46.0 Å². The minimum Gasteiger partial charge on any atom is -0.393 e. The third kappa shape index (κ3) is 3.15. The SMILES string of the molecule is CC/C=C(\C)C(=O)N1CSCC1C(=O)N1C2CCC1CC(O)C2. The summed E-state index contributed by atoms with van der Waals surface area (Å²) in [4.78, 5) is 29.4. The van der Waals surface area contributed by atoms with E-state index >= 15 is 0 Å². The minimum atomic E-state index is -0.342. The van der Waals surface area contributed by atoms with Gasteiger partial charge in [-0.2, -0.15) is 0 Å². The summed E-state index contributed by atoms with van der Waals surface area (Å²) in [6, 6.07) is -0.0248. The Kier molecular flexibility index (Phi) is 5.01. The van der Waals surface area contributed by atoms with E-state index in [9.17, 15) is 14.7 Å². The first kappa shape index (κ1) is 16.8. The highest BCUT2D eigenvalue weighted by atomic mass is 32.2. The molecule has 0 saturated carbocycles. The molecule has 3 aliphatic heterocycles. The Morgan fingerprint density at radius 1 is 1.26 bits per heavy atom. The van der Waals surface area contributed by atoms with Gasteiger partial charge in [0.15, 0.2) is 0 Å². The fraction of sp³-hybridized carbons (Fsp3) is 0.765. The van der Waals surface area contributed by atoms with Crippen LogP contribution in [0.15, 0.2) is 11.6 Å². The first-order chi connectivity index (χ1) is 11.0. The molecule has 2 bridgehead atoms. The summed E-state index contributed by atoms with van der Waals surface area (Å²) < 4.78 is 0. The maximum absolute atomic E-state index is 13.1. The summed E-state index contributed by atoms with van der Waals surface area (Å²) in [7, 11) is 0. The summed E-state index contributed by atoms with van der Waals surface area (Å²) in [5, 5.41) is 9.91. The zero-order chi connectivity index (χ0) is 16.6. The summed E-state index contributed by atoms with van der Waals surface area (Å²) in [6.45, 7) is 3.84. The average Bonchev–Trinajstić information content (AvgIpc) is 3.10. The monoisotopic (exact) mass is 338 g/mol. The van der Waals surface area contributed by atoms with Crippen LogP contribution in [0.25, 0.3) is 0 Å². The van der Waals surface area contributed by atoms with E-state index in [1.54, 1.807) is 16.7 Å². The van der Waals surface area contributed by atoms with Crippen molar-refractivity contribution in [2.75, 3.05) is 11.6 Å². The second-order valence-electron chi connectivity index (χ2n) is 6.84. The molecular formula is C17H26N2O3S. The number of aliphatic hydroxyl groups is 1. The zero-order valence-corrected chi connectivity index (χ0v) is 14.7. The quantitative estimate of drug-likeness (QED) is 0.797. The Hall–Kier alpha value is -1.01. The molecule has 0 aromatic carbocycles. The van der Waals surface area contributed by atoms with Crippen LogP contribution >= 0.6 is 11.8 Å². The first-order valence-corrected chi connectivity index (χ1v) is 9.74. The highest BCUT2D eigenvalue weighted by molar-refractivity contribution is 7.99. The van der Waals surface area contributed by atoms with Crippen molar-refractivity contribution in [2.24, 2.45) is 0 Å². The topological polar surface area (TPSA) is 60.9 Å². The van der Waals surface area contributed by atoms with E-state index in [4.69, 9.17) is 0 Å². The fourth-order valence-corrected chi connectivity index (χ4v) is 5.29. The van der Waals surface area contributed by atoms with E-state index in [0.29, 0.717) is 24.5 Å². The molecule has 3 saturated heterocycles.